The van der Waals surface area contributed by atoms with Crippen LogP contribution in [0.25, 0.3) is 0 Å². The van der Waals surface area contributed by atoms with E-state index < -0.39 is 0 Å². The first-order chi connectivity index (χ1) is 5.74. The zero-order valence-electron chi connectivity index (χ0n) is 8.10. The van der Waals surface area contributed by atoms with Crippen molar-refractivity contribution in [3.63, 3.8) is 0 Å². The molecule has 1 atom stereocenters. The maximum absolute atomic E-state index is 5.86. The average Bonchev–Trinajstić information content (AvgIpc) is 2.02. The lowest BCUT2D eigenvalue weighted by atomic mass is 9.67. The van der Waals surface area contributed by atoms with Crippen molar-refractivity contribution in [1.29, 1.82) is 0 Å². The second-order valence-corrected chi connectivity index (χ2v) is 4.52. The van der Waals surface area contributed by atoms with Gasteiger partial charge >= 0.3 is 0 Å². The van der Waals surface area contributed by atoms with E-state index in [0.29, 0.717) is 6.04 Å². The van der Waals surface area contributed by atoms with Crippen molar-refractivity contribution < 1.29 is 4.74 Å². The number of hydrogen-bond acceptors (Lipinski definition) is 2. The molecule has 0 aromatic carbocycles. The highest BCUT2D eigenvalue weighted by Gasteiger charge is 2.46. The Morgan fingerprint density at radius 1 is 1.33 bits per heavy atom. The van der Waals surface area contributed by atoms with Gasteiger partial charge in [0.05, 0.1) is 5.60 Å². The van der Waals surface area contributed by atoms with E-state index >= 15 is 0 Å². The molecule has 0 amide bonds. The van der Waals surface area contributed by atoms with Gasteiger partial charge in [-0.15, -0.1) is 0 Å². The molecule has 0 radical (unpaired) electrons. The van der Waals surface area contributed by atoms with Crippen molar-refractivity contribution in [2.45, 2.75) is 44.2 Å². The number of ether oxygens (including phenoxy) is 1. The fourth-order valence-electron chi connectivity index (χ4n) is 2.77. The summed E-state index contributed by atoms with van der Waals surface area (Å²) < 4.78 is 5.86. The molecule has 1 saturated carbocycles. The topological polar surface area (TPSA) is 21.3 Å². The monoisotopic (exact) mass is 169 g/mol. The second kappa shape index (κ2) is 3.00. The number of rotatable bonds is 1. The Kier molecular flexibility index (Phi) is 2.13. The van der Waals surface area contributed by atoms with E-state index in [1.54, 1.807) is 0 Å². The fourth-order valence-corrected chi connectivity index (χ4v) is 2.77. The minimum absolute atomic E-state index is 0.283. The molecule has 12 heavy (non-hydrogen) atoms. The van der Waals surface area contributed by atoms with Crippen molar-refractivity contribution in [3.05, 3.63) is 0 Å². The van der Waals surface area contributed by atoms with Gasteiger partial charge in [-0.25, -0.2) is 0 Å². The zero-order valence-corrected chi connectivity index (χ0v) is 8.10. The van der Waals surface area contributed by atoms with Gasteiger partial charge < -0.3 is 10.1 Å². The minimum Gasteiger partial charge on any atom is -0.375 e. The largest absolute Gasteiger partial charge is 0.375 e. The van der Waals surface area contributed by atoms with Gasteiger partial charge in [-0.3, -0.25) is 0 Å². The smallest absolute Gasteiger partial charge is 0.0702 e. The Labute approximate surface area is 74.7 Å². The van der Waals surface area contributed by atoms with Gasteiger partial charge in [0.2, 0.25) is 0 Å². The lowest BCUT2D eigenvalue weighted by Crippen LogP contribution is -2.53. The Morgan fingerprint density at radius 3 is 2.67 bits per heavy atom. The molecular formula is C10H19NO. The fraction of sp³-hybridized carbons (Fsp3) is 1.00. The summed E-state index contributed by atoms with van der Waals surface area (Å²) in [6.45, 7) is 3.27. The molecule has 0 aromatic heterocycles. The molecule has 70 valence electrons. The number of nitrogens with one attached hydrogen (secondary N) is 1. The van der Waals surface area contributed by atoms with E-state index in [-0.39, 0.29) is 5.60 Å². The summed E-state index contributed by atoms with van der Waals surface area (Å²) in [5.41, 5.74) is 0.283. The van der Waals surface area contributed by atoms with E-state index in [9.17, 15) is 0 Å². The highest BCUT2D eigenvalue weighted by Crippen LogP contribution is 2.45. The van der Waals surface area contributed by atoms with Crippen molar-refractivity contribution in [2.75, 3.05) is 13.7 Å². The molecule has 1 saturated heterocycles. The maximum atomic E-state index is 5.86. The van der Waals surface area contributed by atoms with Crippen molar-refractivity contribution in [1.82, 2.24) is 5.32 Å². The average molecular weight is 169 g/mol. The minimum atomic E-state index is 0.283. The van der Waals surface area contributed by atoms with Crippen LogP contribution < -0.4 is 5.32 Å². The molecule has 1 heterocycles. The van der Waals surface area contributed by atoms with Crippen LogP contribution in [0.1, 0.15) is 32.6 Å². The molecule has 1 spiro atoms. The molecule has 2 nitrogen and oxygen atoms in total. The Bertz CT molecular complexity index is 158. The van der Waals surface area contributed by atoms with Crippen LogP contribution in [0.3, 0.4) is 0 Å². The summed E-state index contributed by atoms with van der Waals surface area (Å²) in [5.74, 6) is 0.889. The SMILES string of the molecule is CNC1CCOC2(CC(C)C2)C1. The van der Waals surface area contributed by atoms with Crippen LogP contribution in [0, 0.1) is 5.92 Å². The molecule has 2 rings (SSSR count). The summed E-state index contributed by atoms with van der Waals surface area (Å²) in [6.07, 6.45) is 4.98. The molecular weight excluding hydrogens is 150 g/mol. The summed E-state index contributed by atoms with van der Waals surface area (Å²) in [4.78, 5) is 0. The molecule has 2 heteroatoms. The third-order valence-electron chi connectivity index (χ3n) is 3.34. The van der Waals surface area contributed by atoms with E-state index in [1.165, 1.54) is 25.7 Å². The standard InChI is InChI=1S/C10H19NO/c1-8-5-10(6-8)7-9(11-2)3-4-12-10/h8-9,11H,3-7H2,1-2H3. The molecule has 2 aliphatic rings. The molecule has 0 bridgehead atoms. The van der Waals surface area contributed by atoms with Crippen molar-refractivity contribution in [3.8, 4) is 0 Å². The maximum Gasteiger partial charge on any atom is 0.0702 e. The lowest BCUT2D eigenvalue weighted by molar-refractivity contribution is -0.156. The normalized spacial score (nSPS) is 47.5. The van der Waals surface area contributed by atoms with Crippen LogP contribution in [0.5, 0.6) is 0 Å². The highest BCUT2D eigenvalue weighted by molar-refractivity contribution is 4.98. The Morgan fingerprint density at radius 2 is 2.08 bits per heavy atom. The van der Waals surface area contributed by atoms with E-state index in [2.05, 4.69) is 19.3 Å². The quantitative estimate of drug-likeness (QED) is 0.643. The van der Waals surface area contributed by atoms with Gasteiger partial charge in [0, 0.05) is 12.6 Å². The lowest BCUT2D eigenvalue weighted by Gasteiger charge is -2.50. The zero-order chi connectivity index (χ0) is 8.60. The van der Waals surface area contributed by atoms with E-state index in [0.717, 1.165) is 12.5 Å². The van der Waals surface area contributed by atoms with Crippen molar-refractivity contribution in [2.24, 2.45) is 5.92 Å². The first kappa shape index (κ1) is 8.52. The van der Waals surface area contributed by atoms with Gasteiger partial charge in [0.1, 0.15) is 0 Å². The molecule has 1 aliphatic carbocycles. The number of hydrogen-bond donors (Lipinski definition) is 1. The van der Waals surface area contributed by atoms with Gasteiger partial charge in [0.25, 0.3) is 0 Å². The second-order valence-electron chi connectivity index (χ2n) is 4.52. The first-order valence-corrected chi connectivity index (χ1v) is 5.05. The van der Waals surface area contributed by atoms with Gasteiger partial charge in [0.15, 0.2) is 0 Å². The molecule has 1 unspecified atom stereocenters. The third kappa shape index (κ3) is 1.38. The van der Waals surface area contributed by atoms with Crippen LogP contribution in [0.2, 0.25) is 0 Å². The van der Waals surface area contributed by atoms with Crippen LogP contribution in [-0.4, -0.2) is 25.3 Å². The van der Waals surface area contributed by atoms with Crippen molar-refractivity contribution >= 4 is 0 Å². The molecule has 0 aromatic rings. The Hall–Kier alpha value is -0.0800. The van der Waals surface area contributed by atoms with Gasteiger partial charge in [-0.1, -0.05) is 6.92 Å². The summed E-state index contributed by atoms with van der Waals surface area (Å²) in [6, 6.07) is 0.700. The van der Waals surface area contributed by atoms with Crippen LogP contribution >= 0.6 is 0 Å². The summed E-state index contributed by atoms with van der Waals surface area (Å²) in [5, 5.41) is 3.36. The van der Waals surface area contributed by atoms with Crippen LogP contribution in [0.15, 0.2) is 0 Å². The van der Waals surface area contributed by atoms with Gasteiger partial charge in [-0.05, 0) is 38.6 Å². The predicted molar refractivity (Wildman–Crippen MR) is 49.2 cm³/mol. The molecule has 2 fully saturated rings. The Balaban J connectivity index is 1.91. The molecule has 1 aliphatic heterocycles. The van der Waals surface area contributed by atoms with Gasteiger partial charge in [-0.2, -0.15) is 0 Å². The van der Waals surface area contributed by atoms with E-state index in [4.69, 9.17) is 4.74 Å². The third-order valence-corrected chi connectivity index (χ3v) is 3.34. The van der Waals surface area contributed by atoms with E-state index in [1.807, 2.05) is 0 Å². The highest BCUT2D eigenvalue weighted by atomic mass is 16.5. The predicted octanol–water partition coefficient (Wildman–Crippen LogP) is 1.55. The summed E-state index contributed by atoms with van der Waals surface area (Å²) >= 11 is 0. The molecule has 1 N–H and O–H groups in total. The van der Waals surface area contributed by atoms with Crippen LogP contribution in [-0.2, 0) is 4.74 Å². The first-order valence-electron chi connectivity index (χ1n) is 5.05. The summed E-state index contributed by atoms with van der Waals surface area (Å²) in [7, 11) is 2.06. The van der Waals surface area contributed by atoms with Crippen LogP contribution in [0.4, 0.5) is 0 Å².